The van der Waals surface area contributed by atoms with E-state index in [1.54, 1.807) is 26.0 Å². The van der Waals surface area contributed by atoms with Gasteiger partial charge in [0.15, 0.2) is 0 Å². The SMILES string of the molecule is CC(C)(F)CN1CCC(COc2ccc(-c3cccc(F)c3C(=O)N3CCCCC3C(N)=O)cc2)CC1. The van der Waals surface area contributed by atoms with Crippen LogP contribution in [0.1, 0.15) is 56.3 Å². The van der Waals surface area contributed by atoms with Crippen LogP contribution in [0.2, 0.25) is 0 Å². The first kappa shape index (κ1) is 27.0. The number of alkyl halides is 1. The molecule has 2 aromatic carbocycles. The Kier molecular flexibility index (Phi) is 8.47. The maximum absolute atomic E-state index is 15.0. The molecule has 4 rings (SSSR count). The molecule has 2 saturated heterocycles. The molecule has 1 atom stereocenters. The van der Waals surface area contributed by atoms with Gasteiger partial charge in [-0.15, -0.1) is 0 Å². The summed E-state index contributed by atoms with van der Waals surface area (Å²) in [4.78, 5) is 28.9. The van der Waals surface area contributed by atoms with Crippen molar-refractivity contribution >= 4 is 11.8 Å². The van der Waals surface area contributed by atoms with E-state index in [-0.39, 0.29) is 5.56 Å². The zero-order valence-electron chi connectivity index (χ0n) is 21.7. The zero-order chi connectivity index (χ0) is 26.6. The van der Waals surface area contributed by atoms with Gasteiger partial charge in [0.2, 0.25) is 5.91 Å². The minimum atomic E-state index is -1.19. The molecular formula is C29H37F2N3O3. The van der Waals surface area contributed by atoms with Crippen molar-refractivity contribution in [2.24, 2.45) is 11.7 Å². The zero-order valence-corrected chi connectivity index (χ0v) is 21.7. The summed E-state index contributed by atoms with van der Waals surface area (Å²) in [5, 5.41) is 0. The molecule has 37 heavy (non-hydrogen) atoms. The van der Waals surface area contributed by atoms with Gasteiger partial charge in [-0.05, 0) is 94.3 Å². The molecule has 0 saturated carbocycles. The van der Waals surface area contributed by atoms with Crippen LogP contribution >= 0.6 is 0 Å². The highest BCUT2D eigenvalue weighted by Gasteiger charge is 2.33. The smallest absolute Gasteiger partial charge is 0.258 e. The first-order chi connectivity index (χ1) is 17.6. The van der Waals surface area contributed by atoms with Crippen molar-refractivity contribution in [3.8, 4) is 16.9 Å². The number of rotatable bonds is 8. The molecule has 2 heterocycles. The molecule has 0 spiro atoms. The molecule has 2 aromatic rings. The van der Waals surface area contributed by atoms with Crippen molar-refractivity contribution in [3.05, 3.63) is 53.8 Å². The summed E-state index contributed by atoms with van der Waals surface area (Å²) in [7, 11) is 0. The molecule has 1 unspecified atom stereocenters. The van der Waals surface area contributed by atoms with Crippen LogP contribution in [-0.4, -0.2) is 66.1 Å². The number of primary amides is 1. The van der Waals surface area contributed by atoms with Gasteiger partial charge >= 0.3 is 0 Å². The van der Waals surface area contributed by atoms with E-state index in [9.17, 15) is 18.4 Å². The number of likely N-dealkylation sites (tertiary alicyclic amines) is 2. The van der Waals surface area contributed by atoms with Crippen LogP contribution in [0.15, 0.2) is 42.5 Å². The van der Waals surface area contributed by atoms with Crippen LogP contribution in [0, 0.1) is 11.7 Å². The number of carbonyl (C=O) groups excluding carboxylic acids is 2. The molecule has 200 valence electrons. The third-order valence-corrected chi connectivity index (χ3v) is 7.28. The maximum Gasteiger partial charge on any atom is 0.258 e. The fourth-order valence-corrected chi connectivity index (χ4v) is 5.38. The molecule has 0 aromatic heterocycles. The molecule has 0 radical (unpaired) electrons. The summed E-state index contributed by atoms with van der Waals surface area (Å²) in [6.45, 7) is 6.36. The van der Waals surface area contributed by atoms with Gasteiger partial charge in [-0.25, -0.2) is 8.78 Å². The highest BCUT2D eigenvalue weighted by atomic mass is 19.1. The lowest BCUT2D eigenvalue weighted by Gasteiger charge is -2.34. The predicted octanol–water partition coefficient (Wildman–Crippen LogP) is 4.81. The molecule has 2 aliphatic rings. The summed E-state index contributed by atoms with van der Waals surface area (Å²) >= 11 is 0. The number of nitrogens with zero attached hydrogens (tertiary/aromatic N) is 2. The third-order valence-electron chi connectivity index (χ3n) is 7.28. The molecule has 2 N–H and O–H groups in total. The number of ether oxygens (including phenoxy) is 1. The van der Waals surface area contributed by atoms with Gasteiger partial charge < -0.3 is 20.3 Å². The van der Waals surface area contributed by atoms with Gasteiger partial charge in [0.1, 0.15) is 23.3 Å². The highest BCUT2D eigenvalue weighted by Crippen LogP contribution is 2.31. The maximum atomic E-state index is 15.0. The van der Waals surface area contributed by atoms with Crippen molar-refractivity contribution in [3.63, 3.8) is 0 Å². The van der Waals surface area contributed by atoms with Crippen molar-refractivity contribution in [1.29, 1.82) is 0 Å². The Hall–Kier alpha value is -3.00. The number of amides is 2. The van der Waals surface area contributed by atoms with E-state index < -0.39 is 29.3 Å². The van der Waals surface area contributed by atoms with Crippen LogP contribution in [0.3, 0.4) is 0 Å². The van der Waals surface area contributed by atoms with Crippen molar-refractivity contribution in [2.45, 2.75) is 57.7 Å². The minimum absolute atomic E-state index is 0.0486. The molecule has 6 nitrogen and oxygen atoms in total. The van der Waals surface area contributed by atoms with Crippen LogP contribution in [0.25, 0.3) is 11.1 Å². The monoisotopic (exact) mass is 513 g/mol. The predicted molar refractivity (Wildman–Crippen MR) is 140 cm³/mol. The second-order valence-corrected chi connectivity index (χ2v) is 10.8. The highest BCUT2D eigenvalue weighted by molar-refractivity contribution is 6.03. The number of hydrogen-bond donors (Lipinski definition) is 1. The number of hydrogen-bond acceptors (Lipinski definition) is 4. The fraction of sp³-hybridized carbons (Fsp3) is 0.517. The van der Waals surface area contributed by atoms with Crippen molar-refractivity contribution in [2.75, 3.05) is 32.8 Å². The Morgan fingerprint density at radius 3 is 2.38 bits per heavy atom. The molecule has 0 bridgehead atoms. The van der Waals surface area contributed by atoms with E-state index >= 15 is 0 Å². The Labute approximate surface area is 217 Å². The standard InChI is InChI=1S/C29H37F2N3O3/c1-29(2,31)19-33-16-13-20(14-17-33)18-37-22-11-9-21(10-12-22)23-6-5-7-24(30)26(23)28(36)34-15-4-3-8-25(34)27(32)35/h5-7,9-12,20,25H,3-4,8,13-19H2,1-2H3,(H2,32,35). The Bertz CT molecular complexity index is 1090. The van der Waals surface area contributed by atoms with Gasteiger partial charge in [-0.3, -0.25) is 9.59 Å². The molecule has 0 aliphatic carbocycles. The second kappa shape index (κ2) is 11.6. The molecular weight excluding hydrogens is 476 g/mol. The van der Waals surface area contributed by atoms with Gasteiger partial charge in [-0.1, -0.05) is 24.3 Å². The average Bonchev–Trinajstić information content (AvgIpc) is 2.87. The largest absolute Gasteiger partial charge is 0.493 e. The van der Waals surface area contributed by atoms with Gasteiger partial charge in [0, 0.05) is 13.1 Å². The van der Waals surface area contributed by atoms with E-state index in [1.807, 2.05) is 24.3 Å². The Balaban J connectivity index is 1.42. The number of nitrogens with two attached hydrogens (primary N) is 1. The van der Waals surface area contributed by atoms with E-state index in [4.69, 9.17) is 10.5 Å². The molecule has 2 fully saturated rings. The first-order valence-corrected chi connectivity index (χ1v) is 13.2. The lowest BCUT2D eigenvalue weighted by molar-refractivity contribution is -0.123. The summed E-state index contributed by atoms with van der Waals surface area (Å²) in [6, 6.07) is 11.1. The van der Waals surface area contributed by atoms with Gasteiger partial charge in [-0.2, -0.15) is 0 Å². The van der Waals surface area contributed by atoms with Crippen molar-refractivity contribution in [1.82, 2.24) is 9.80 Å². The normalized spacial score (nSPS) is 19.6. The quantitative estimate of drug-likeness (QED) is 0.550. The fourth-order valence-electron chi connectivity index (χ4n) is 5.38. The third kappa shape index (κ3) is 6.86. The summed E-state index contributed by atoms with van der Waals surface area (Å²) in [5.74, 6) is -0.595. The summed E-state index contributed by atoms with van der Waals surface area (Å²) in [5.41, 5.74) is 5.45. The summed E-state index contributed by atoms with van der Waals surface area (Å²) in [6.07, 6.45) is 3.97. The second-order valence-electron chi connectivity index (χ2n) is 10.8. The van der Waals surface area contributed by atoms with Crippen LogP contribution < -0.4 is 10.5 Å². The lowest BCUT2D eigenvalue weighted by Crippen LogP contribution is -2.50. The van der Waals surface area contributed by atoms with E-state index in [2.05, 4.69) is 4.90 Å². The van der Waals surface area contributed by atoms with Gasteiger partial charge in [0.25, 0.3) is 5.91 Å². The molecule has 2 aliphatic heterocycles. The van der Waals surface area contributed by atoms with Crippen molar-refractivity contribution < 1.29 is 23.1 Å². The topological polar surface area (TPSA) is 75.9 Å². The molecule has 8 heteroatoms. The first-order valence-electron chi connectivity index (χ1n) is 13.2. The lowest BCUT2D eigenvalue weighted by atomic mass is 9.95. The number of piperidine rings is 2. The number of halogens is 2. The van der Waals surface area contributed by atoms with Crippen LogP contribution in [-0.2, 0) is 4.79 Å². The number of carbonyl (C=O) groups is 2. The Morgan fingerprint density at radius 2 is 1.73 bits per heavy atom. The average molecular weight is 514 g/mol. The number of benzene rings is 2. The Morgan fingerprint density at radius 1 is 1.03 bits per heavy atom. The van der Waals surface area contributed by atoms with Crippen LogP contribution in [0.4, 0.5) is 8.78 Å². The van der Waals surface area contributed by atoms with E-state index in [1.165, 1.54) is 11.0 Å². The van der Waals surface area contributed by atoms with E-state index in [0.29, 0.717) is 48.9 Å². The minimum Gasteiger partial charge on any atom is -0.493 e. The van der Waals surface area contributed by atoms with E-state index in [0.717, 1.165) is 38.8 Å². The summed E-state index contributed by atoms with van der Waals surface area (Å²) < 4.78 is 34.9. The van der Waals surface area contributed by atoms with Gasteiger partial charge in [0.05, 0.1) is 12.2 Å². The van der Waals surface area contributed by atoms with Crippen LogP contribution in [0.5, 0.6) is 5.75 Å². The molecule has 2 amide bonds.